The number of rotatable bonds is 5. The average molecular weight is 376 g/mol. The van der Waals surface area contributed by atoms with Gasteiger partial charge in [0.1, 0.15) is 0 Å². The van der Waals surface area contributed by atoms with Crippen LogP contribution in [-0.4, -0.2) is 29.8 Å². The Bertz CT molecular complexity index is 1210. The van der Waals surface area contributed by atoms with Crippen LogP contribution < -0.4 is 0 Å². The lowest BCUT2D eigenvalue weighted by atomic mass is 9.95. The van der Waals surface area contributed by atoms with Crippen LogP contribution in [-0.2, 0) is 9.84 Å². The molecule has 0 aromatic heterocycles. The highest BCUT2D eigenvalue weighted by atomic mass is 32.2. The van der Waals surface area contributed by atoms with Gasteiger partial charge in [-0.2, -0.15) is 0 Å². The molecule has 0 saturated carbocycles. The van der Waals surface area contributed by atoms with Gasteiger partial charge in [0.2, 0.25) is 0 Å². The van der Waals surface area contributed by atoms with Crippen molar-refractivity contribution in [1.29, 1.82) is 0 Å². The smallest absolute Gasteiger partial charge is 0.360 e. The zero-order chi connectivity index (χ0) is 19.4. The summed E-state index contributed by atoms with van der Waals surface area (Å²) in [5.41, 5.74) is 10.6. The molecule has 0 saturated heterocycles. The summed E-state index contributed by atoms with van der Waals surface area (Å²) in [5.74, 6) is -1.35. The van der Waals surface area contributed by atoms with Crippen LogP contribution in [0, 0.1) is 0 Å². The van der Waals surface area contributed by atoms with Gasteiger partial charge in [0.05, 0.1) is 5.75 Å². The SMILES string of the molecule is C=CCS(=O)(=O)C(=[N+]=[N-])C(=O)c1ccccc1-c1ccc2ccccc2c1. The molecule has 0 atom stereocenters. The first-order valence-corrected chi connectivity index (χ1v) is 9.82. The third-order valence-electron chi connectivity index (χ3n) is 4.15. The molecule has 5 nitrogen and oxygen atoms in total. The monoisotopic (exact) mass is 376 g/mol. The Morgan fingerprint density at radius 3 is 2.37 bits per heavy atom. The van der Waals surface area contributed by atoms with Gasteiger partial charge in [0.25, 0.3) is 15.6 Å². The molecule has 0 unspecified atom stereocenters. The highest BCUT2D eigenvalue weighted by Gasteiger charge is 2.36. The van der Waals surface area contributed by atoms with Crippen molar-refractivity contribution < 1.29 is 18.0 Å². The van der Waals surface area contributed by atoms with Crippen molar-refractivity contribution >= 4 is 31.4 Å². The fourth-order valence-electron chi connectivity index (χ4n) is 2.89. The molecule has 0 aliphatic heterocycles. The number of hydrogen-bond donors (Lipinski definition) is 0. The van der Waals surface area contributed by atoms with Gasteiger partial charge in [0.15, 0.2) is 0 Å². The summed E-state index contributed by atoms with van der Waals surface area (Å²) in [4.78, 5) is 15.6. The highest BCUT2D eigenvalue weighted by molar-refractivity contribution is 8.08. The number of nitrogens with zero attached hydrogens (tertiary/aromatic N) is 2. The maximum atomic E-state index is 12.9. The minimum Gasteiger partial charge on any atom is -0.360 e. The Morgan fingerprint density at radius 2 is 1.67 bits per heavy atom. The molecule has 134 valence electrons. The van der Waals surface area contributed by atoms with Gasteiger partial charge in [-0.15, -0.1) is 11.4 Å². The number of Topliss-reactive ketones (excluding diaryl/α,β-unsaturated/α-hetero) is 1. The first-order chi connectivity index (χ1) is 13.0. The molecule has 0 N–H and O–H groups in total. The molecule has 3 rings (SSSR count). The lowest BCUT2D eigenvalue weighted by molar-refractivity contribution is -0.00155. The molecular weight excluding hydrogens is 360 g/mol. The van der Waals surface area contributed by atoms with Gasteiger partial charge >= 0.3 is 5.04 Å². The maximum Gasteiger partial charge on any atom is 0.452 e. The molecule has 6 heteroatoms. The Hall–Kier alpha value is -3.34. The first-order valence-electron chi connectivity index (χ1n) is 8.16. The van der Waals surface area contributed by atoms with Crippen molar-refractivity contribution in [1.82, 2.24) is 0 Å². The maximum absolute atomic E-state index is 12.9. The van der Waals surface area contributed by atoms with Gasteiger partial charge in [-0.3, -0.25) is 4.79 Å². The second-order valence-corrected chi connectivity index (χ2v) is 7.86. The average Bonchev–Trinajstić information content (AvgIpc) is 2.67. The Kier molecular flexibility index (Phi) is 5.12. The standard InChI is InChI=1S/C21H16N2O3S/c1-2-13-27(25,26)21(23-22)20(24)19-10-6-5-9-18(19)17-12-11-15-7-3-4-8-16(15)14-17/h2-12,14H,1,13H2. The fraction of sp³-hybridized carbons (Fsp3) is 0.0476. The minimum atomic E-state index is -4.07. The van der Waals surface area contributed by atoms with Crippen molar-refractivity contribution in [2.75, 3.05) is 5.75 Å². The van der Waals surface area contributed by atoms with E-state index in [2.05, 4.69) is 11.4 Å². The number of ketones is 1. The summed E-state index contributed by atoms with van der Waals surface area (Å²) in [5, 5.41) is 1.15. The fourth-order valence-corrected chi connectivity index (χ4v) is 3.87. The Labute approximate surface area is 157 Å². The predicted octanol–water partition coefficient (Wildman–Crippen LogP) is 3.92. The number of carbonyl (C=O) groups excluding carboxylic acids is 1. The summed E-state index contributed by atoms with van der Waals surface area (Å²) in [7, 11) is -4.07. The van der Waals surface area contributed by atoms with Crippen molar-refractivity contribution in [3.8, 4) is 11.1 Å². The van der Waals surface area contributed by atoms with E-state index in [4.69, 9.17) is 0 Å². The molecule has 0 bridgehead atoms. The molecule has 0 aliphatic rings. The van der Waals surface area contributed by atoms with E-state index in [0.717, 1.165) is 22.4 Å². The lowest BCUT2D eigenvalue weighted by Gasteiger charge is -2.08. The van der Waals surface area contributed by atoms with Crippen LogP contribution in [0.4, 0.5) is 0 Å². The molecule has 0 fully saturated rings. The zero-order valence-electron chi connectivity index (χ0n) is 14.4. The summed E-state index contributed by atoms with van der Waals surface area (Å²) in [6, 6.07) is 20.2. The number of benzene rings is 3. The van der Waals surface area contributed by atoms with Crippen molar-refractivity contribution in [3.63, 3.8) is 0 Å². The molecule has 0 spiro atoms. The van der Waals surface area contributed by atoms with Crippen LogP contribution >= 0.6 is 0 Å². The lowest BCUT2D eigenvalue weighted by Crippen LogP contribution is -2.27. The Morgan fingerprint density at radius 1 is 1.00 bits per heavy atom. The number of carbonyl (C=O) groups is 1. The summed E-state index contributed by atoms with van der Waals surface area (Å²) in [6.07, 6.45) is 1.14. The van der Waals surface area contributed by atoms with Crippen LogP contribution in [0.5, 0.6) is 0 Å². The van der Waals surface area contributed by atoms with Gasteiger partial charge < -0.3 is 5.53 Å². The van der Waals surface area contributed by atoms with Gasteiger partial charge in [-0.1, -0.05) is 66.7 Å². The van der Waals surface area contributed by atoms with Crippen LogP contribution in [0.1, 0.15) is 10.4 Å². The van der Waals surface area contributed by atoms with E-state index in [9.17, 15) is 18.7 Å². The van der Waals surface area contributed by atoms with Crippen LogP contribution in [0.2, 0.25) is 0 Å². The van der Waals surface area contributed by atoms with Crippen molar-refractivity contribution in [3.05, 3.63) is 90.5 Å². The van der Waals surface area contributed by atoms with Crippen LogP contribution in [0.25, 0.3) is 27.4 Å². The van der Waals surface area contributed by atoms with Crippen LogP contribution in [0.15, 0.2) is 79.4 Å². The highest BCUT2D eigenvalue weighted by Crippen LogP contribution is 2.28. The van der Waals surface area contributed by atoms with E-state index < -0.39 is 26.4 Å². The van der Waals surface area contributed by atoms with Crippen molar-refractivity contribution in [2.45, 2.75) is 0 Å². The number of fused-ring (bicyclic) bond motifs is 1. The van der Waals surface area contributed by atoms with Crippen LogP contribution in [0.3, 0.4) is 0 Å². The first kappa shape index (κ1) is 18.5. The number of hydrogen-bond acceptors (Lipinski definition) is 3. The van der Waals surface area contributed by atoms with Gasteiger partial charge in [-0.05, 0) is 28.0 Å². The van der Waals surface area contributed by atoms with Gasteiger partial charge in [-0.25, -0.2) is 8.42 Å². The molecule has 27 heavy (non-hydrogen) atoms. The molecule has 3 aromatic rings. The minimum absolute atomic E-state index is 0.146. The predicted molar refractivity (Wildman–Crippen MR) is 106 cm³/mol. The second-order valence-electron chi connectivity index (χ2n) is 5.91. The third kappa shape index (κ3) is 3.62. The zero-order valence-corrected chi connectivity index (χ0v) is 15.2. The normalized spacial score (nSPS) is 11.0. The van der Waals surface area contributed by atoms with E-state index in [0.29, 0.717) is 5.56 Å². The van der Waals surface area contributed by atoms with E-state index in [1.165, 1.54) is 6.07 Å². The van der Waals surface area contributed by atoms with E-state index in [1.54, 1.807) is 18.2 Å². The molecule has 0 radical (unpaired) electrons. The Balaban J connectivity index is 2.14. The molecule has 0 aliphatic carbocycles. The van der Waals surface area contributed by atoms with Gasteiger partial charge in [0, 0.05) is 5.56 Å². The van der Waals surface area contributed by atoms with Crippen molar-refractivity contribution in [2.24, 2.45) is 0 Å². The second kappa shape index (κ2) is 7.50. The molecule has 0 amide bonds. The van der Waals surface area contributed by atoms with E-state index in [-0.39, 0.29) is 5.56 Å². The summed E-state index contributed by atoms with van der Waals surface area (Å²) in [6.45, 7) is 3.36. The molecule has 3 aromatic carbocycles. The van der Waals surface area contributed by atoms with E-state index >= 15 is 0 Å². The topological polar surface area (TPSA) is 87.6 Å². The number of sulfone groups is 1. The van der Waals surface area contributed by atoms with E-state index in [1.807, 2.05) is 42.5 Å². The molecule has 0 heterocycles. The summed E-state index contributed by atoms with van der Waals surface area (Å²) < 4.78 is 24.4. The largest absolute Gasteiger partial charge is 0.452 e. The third-order valence-corrected chi connectivity index (χ3v) is 5.68. The summed E-state index contributed by atoms with van der Waals surface area (Å²) >= 11 is 0. The molecular formula is C21H16N2O3S. The quantitative estimate of drug-likeness (QED) is 0.169.